The van der Waals surface area contributed by atoms with E-state index in [0.29, 0.717) is 13.2 Å². The zero-order valence-corrected chi connectivity index (χ0v) is 8.44. The molecule has 1 atom stereocenters. The zero-order chi connectivity index (χ0) is 11.3. The topological polar surface area (TPSA) is 102 Å². The fourth-order valence-corrected chi connectivity index (χ4v) is 1.27. The molecule has 1 aliphatic carbocycles. The molecule has 0 saturated heterocycles. The van der Waals surface area contributed by atoms with Crippen LogP contribution in [0.5, 0.6) is 0 Å². The van der Waals surface area contributed by atoms with E-state index < -0.39 is 17.9 Å². The second-order valence-electron chi connectivity index (χ2n) is 3.56. The van der Waals surface area contributed by atoms with Gasteiger partial charge in [-0.25, -0.2) is 4.79 Å². The molecule has 1 aliphatic rings. The van der Waals surface area contributed by atoms with Crippen molar-refractivity contribution in [3.63, 3.8) is 0 Å². The number of ether oxygens (including phenoxy) is 1. The number of aliphatic carboxylic acids is 1. The normalized spacial score (nSPS) is 17.1. The molecule has 0 aromatic heterocycles. The Morgan fingerprint density at radius 2 is 2.20 bits per heavy atom. The summed E-state index contributed by atoms with van der Waals surface area (Å²) in [6.07, 6.45) is 1.72. The number of amides is 1. The van der Waals surface area contributed by atoms with Gasteiger partial charge in [-0.05, 0) is 18.8 Å². The molecule has 1 unspecified atom stereocenters. The molecule has 0 aromatic carbocycles. The summed E-state index contributed by atoms with van der Waals surface area (Å²) < 4.78 is 4.90. The van der Waals surface area contributed by atoms with Gasteiger partial charge in [0.05, 0.1) is 6.61 Å². The van der Waals surface area contributed by atoms with Gasteiger partial charge in [0.1, 0.15) is 12.6 Å². The van der Waals surface area contributed by atoms with Crippen molar-refractivity contribution in [2.75, 3.05) is 19.8 Å². The highest BCUT2D eigenvalue weighted by Gasteiger charge is 2.37. The van der Waals surface area contributed by atoms with Crippen LogP contribution in [0.15, 0.2) is 0 Å². The van der Waals surface area contributed by atoms with Gasteiger partial charge in [0, 0.05) is 6.54 Å². The maximum Gasteiger partial charge on any atom is 0.326 e. The molecular weight excluding hydrogens is 200 g/mol. The van der Waals surface area contributed by atoms with Gasteiger partial charge < -0.3 is 20.9 Å². The second-order valence-corrected chi connectivity index (χ2v) is 3.56. The fourth-order valence-electron chi connectivity index (χ4n) is 1.27. The third kappa shape index (κ3) is 4.26. The molecule has 15 heavy (non-hydrogen) atoms. The van der Waals surface area contributed by atoms with E-state index in [9.17, 15) is 9.59 Å². The molecule has 1 amide bonds. The molecule has 0 spiro atoms. The van der Waals surface area contributed by atoms with Crippen molar-refractivity contribution in [1.29, 1.82) is 0 Å². The van der Waals surface area contributed by atoms with Gasteiger partial charge >= 0.3 is 5.97 Å². The molecule has 0 radical (unpaired) electrons. The van der Waals surface area contributed by atoms with E-state index in [4.69, 9.17) is 15.6 Å². The lowest BCUT2D eigenvalue weighted by molar-refractivity contribution is -0.143. The average Bonchev–Trinajstić information content (AvgIpc) is 2.97. The lowest BCUT2D eigenvalue weighted by Crippen LogP contribution is -2.44. The Kier molecular flexibility index (Phi) is 4.51. The van der Waals surface area contributed by atoms with Crippen LogP contribution >= 0.6 is 0 Å². The van der Waals surface area contributed by atoms with E-state index in [1.165, 1.54) is 0 Å². The van der Waals surface area contributed by atoms with Crippen molar-refractivity contribution < 1.29 is 19.4 Å². The largest absolute Gasteiger partial charge is 0.480 e. The van der Waals surface area contributed by atoms with Gasteiger partial charge in [-0.3, -0.25) is 4.79 Å². The maximum atomic E-state index is 11.2. The molecule has 4 N–H and O–H groups in total. The van der Waals surface area contributed by atoms with Gasteiger partial charge in [-0.1, -0.05) is 0 Å². The number of nitrogens with one attached hydrogen (secondary N) is 1. The van der Waals surface area contributed by atoms with Gasteiger partial charge in [-0.2, -0.15) is 0 Å². The Morgan fingerprint density at radius 1 is 1.53 bits per heavy atom. The zero-order valence-electron chi connectivity index (χ0n) is 8.44. The highest BCUT2D eigenvalue weighted by atomic mass is 16.5. The van der Waals surface area contributed by atoms with Gasteiger partial charge in [0.15, 0.2) is 0 Å². The van der Waals surface area contributed by atoms with E-state index >= 15 is 0 Å². The summed E-state index contributed by atoms with van der Waals surface area (Å²) in [4.78, 5) is 22.0. The van der Waals surface area contributed by atoms with E-state index in [0.717, 1.165) is 12.8 Å². The first-order valence-corrected chi connectivity index (χ1v) is 4.95. The summed E-state index contributed by atoms with van der Waals surface area (Å²) in [5.41, 5.74) is 5.17. The van der Waals surface area contributed by atoms with Crippen LogP contribution in [0.4, 0.5) is 0 Å². The third-order valence-corrected chi connectivity index (χ3v) is 2.17. The Hall–Kier alpha value is -1.14. The number of nitrogens with two attached hydrogens (primary N) is 1. The lowest BCUT2D eigenvalue weighted by Gasteiger charge is -2.13. The van der Waals surface area contributed by atoms with Crippen LogP contribution in [0.2, 0.25) is 0 Å². The van der Waals surface area contributed by atoms with Crippen LogP contribution in [0.3, 0.4) is 0 Å². The number of hydrogen-bond donors (Lipinski definition) is 3. The van der Waals surface area contributed by atoms with Crippen LogP contribution in [0.25, 0.3) is 0 Å². The summed E-state index contributed by atoms with van der Waals surface area (Å²) in [5, 5.41) is 11.3. The van der Waals surface area contributed by atoms with E-state index in [1.54, 1.807) is 0 Å². The molecule has 0 aromatic rings. The molecule has 86 valence electrons. The molecule has 1 saturated carbocycles. The quantitative estimate of drug-likeness (QED) is 0.471. The van der Waals surface area contributed by atoms with Crippen LogP contribution < -0.4 is 11.1 Å². The van der Waals surface area contributed by atoms with Crippen molar-refractivity contribution in [3.05, 3.63) is 0 Å². The molecule has 1 rings (SSSR count). The summed E-state index contributed by atoms with van der Waals surface area (Å²) in [6.45, 7) is 0.514. The minimum Gasteiger partial charge on any atom is -0.480 e. The summed E-state index contributed by atoms with van der Waals surface area (Å²) >= 11 is 0. The monoisotopic (exact) mass is 216 g/mol. The minimum atomic E-state index is -0.982. The number of rotatable bonds is 7. The molecule has 0 bridgehead atoms. The predicted molar refractivity (Wildman–Crippen MR) is 52.2 cm³/mol. The van der Waals surface area contributed by atoms with E-state index in [1.807, 2.05) is 0 Å². The van der Waals surface area contributed by atoms with Gasteiger partial charge in [-0.15, -0.1) is 0 Å². The Labute approximate surface area is 87.8 Å². The Bertz CT molecular complexity index is 240. The SMILES string of the molecule is NCCOCC(=O)NC(C(=O)O)C1CC1. The fraction of sp³-hybridized carbons (Fsp3) is 0.778. The first-order chi connectivity index (χ1) is 7.15. The number of carbonyl (C=O) groups excluding carboxylic acids is 1. The Balaban J connectivity index is 2.24. The molecule has 6 heteroatoms. The van der Waals surface area contributed by atoms with Crippen molar-refractivity contribution in [1.82, 2.24) is 5.32 Å². The van der Waals surface area contributed by atoms with E-state index in [2.05, 4.69) is 5.32 Å². The van der Waals surface area contributed by atoms with Gasteiger partial charge in [0.2, 0.25) is 5.91 Å². The van der Waals surface area contributed by atoms with Crippen molar-refractivity contribution in [2.45, 2.75) is 18.9 Å². The standard InChI is InChI=1S/C9H16N2O4/c10-3-4-15-5-7(12)11-8(9(13)14)6-1-2-6/h6,8H,1-5,10H2,(H,11,12)(H,13,14). The number of carbonyl (C=O) groups is 2. The van der Waals surface area contributed by atoms with E-state index in [-0.39, 0.29) is 12.5 Å². The second kappa shape index (κ2) is 5.67. The number of hydrogen-bond acceptors (Lipinski definition) is 4. The summed E-state index contributed by atoms with van der Waals surface area (Å²) in [5.74, 6) is -1.30. The average molecular weight is 216 g/mol. The molecule has 0 heterocycles. The van der Waals surface area contributed by atoms with Crippen molar-refractivity contribution in [3.8, 4) is 0 Å². The van der Waals surface area contributed by atoms with Crippen LogP contribution in [-0.2, 0) is 14.3 Å². The van der Waals surface area contributed by atoms with Crippen LogP contribution in [0.1, 0.15) is 12.8 Å². The maximum absolute atomic E-state index is 11.2. The first-order valence-electron chi connectivity index (χ1n) is 4.95. The summed E-state index contributed by atoms with van der Waals surface area (Å²) in [6, 6.07) is -0.765. The molecule has 6 nitrogen and oxygen atoms in total. The van der Waals surface area contributed by atoms with Crippen molar-refractivity contribution in [2.24, 2.45) is 11.7 Å². The summed E-state index contributed by atoms with van der Waals surface area (Å²) in [7, 11) is 0. The van der Waals surface area contributed by atoms with Crippen LogP contribution in [0, 0.1) is 5.92 Å². The van der Waals surface area contributed by atoms with Crippen LogP contribution in [-0.4, -0.2) is 42.8 Å². The smallest absolute Gasteiger partial charge is 0.326 e. The minimum absolute atomic E-state index is 0.0842. The Morgan fingerprint density at radius 3 is 2.67 bits per heavy atom. The lowest BCUT2D eigenvalue weighted by atomic mass is 10.2. The van der Waals surface area contributed by atoms with Gasteiger partial charge in [0.25, 0.3) is 0 Å². The molecule has 1 fully saturated rings. The predicted octanol–water partition coefficient (Wildman–Crippen LogP) is -1.06. The van der Waals surface area contributed by atoms with Crippen molar-refractivity contribution >= 4 is 11.9 Å². The molecule has 0 aliphatic heterocycles. The number of carboxylic acids is 1. The number of carboxylic acid groups (broad SMARTS) is 1. The highest BCUT2D eigenvalue weighted by Crippen LogP contribution is 2.32. The highest BCUT2D eigenvalue weighted by molar-refractivity contribution is 5.84. The first kappa shape index (κ1) is 11.9. The molecular formula is C9H16N2O4. The third-order valence-electron chi connectivity index (χ3n) is 2.17.